The third-order valence-electron chi connectivity index (χ3n) is 4.74. The van der Waals surface area contributed by atoms with Crippen molar-refractivity contribution in [3.8, 4) is 17.0 Å². The average Bonchev–Trinajstić information content (AvgIpc) is 3.17. The fraction of sp³-hybridized carbons (Fsp3) is 0.381. The van der Waals surface area contributed by atoms with E-state index in [1.165, 1.54) is 6.92 Å². The van der Waals surface area contributed by atoms with Crippen molar-refractivity contribution in [2.24, 2.45) is 4.99 Å². The van der Waals surface area contributed by atoms with Crippen molar-refractivity contribution in [1.29, 1.82) is 0 Å². The molecule has 0 saturated carbocycles. The Bertz CT molecular complexity index is 1180. The van der Waals surface area contributed by atoms with Gasteiger partial charge in [0.25, 0.3) is 0 Å². The summed E-state index contributed by atoms with van der Waals surface area (Å²) in [5, 5.41) is 6.11. The van der Waals surface area contributed by atoms with Crippen LogP contribution in [0.15, 0.2) is 35.5 Å². The Kier molecular flexibility index (Phi) is 6.86. The van der Waals surface area contributed by atoms with E-state index in [0.717, 1.165) is 49.0 Å². The first kappa shape index (κ1) is 26.0. The van der Waals surface area contributed by atoms with Crippen LogP contribution in [0.1, 0.15) is 31.3 Å². The summed E-state index contributed by atoms with van der Waals surface area (Å²) in [5.41, 5.74) is -2.98. The summed E-state index contributed by atoms with van der Waals surface area (Å²) in [6.07, 6.45) is -8.65. The van der Waals surface area contributed by atoms with Crippen LogP contribution in [0.5, 0.6) is 5.75 Å². The molecule has 0 fully saturated rings. The first-order valence-corrected chi connectivity index (χ1v) is 10.0. The van der Waals surface area contributed by atoms with Crippen molar-refractivity contribution in [2.45, 2.75) is 38.7 Å². The van der Waals surface area contributed by atoms with Crippen LogP contribution in [0, 0.1) is 5.82 Å². The van der Waals surface area contributed by atoms with Crippen molar-refractivity contribution < 1.29 is 45.0 Å². The van der Waals surface area contributed by atoms with Gasteiger partial charge in [-0.1, -0.05) is 0 Å². The van der Waals surface area contributed by atoms with Gasteiger partial charge in [0.05, 0.1) is 30.7 Å². The van der Waals surface area contributed by atoms with Gasteiger partial charge in [-0.05, 0) is 39.0 Å². The number of benzene rings is 1. The molecule has 0 aliphatic carbocycles. The number of hydrogen-bond acceptors (Lipinski definition) is 6. The van der Waals surface area contributed by atoms with Gasteiger partial charge in [0.1, 0.15) is 11.6 Å². The number of esters is 1. The van der Waals surface area contributed by atoms with E-state index in [2.05, 4.69) is 15.4 Å². The molecule has 0 radical (unpaired) electrons. The molecule has 2 aromatic rings. The quantitative estimate of drug-likeness (QED) is 0.442. The summed E-state index contributed by atoms with van der Waals surface area (Å²) in [7, 11) is 0. The topological polar surface area (TPSA) is 77.7 Å². The van der Waals surface area contributed by atoms with Crippen molar-refractivity contribution >= 4 is 17.5 Å². The zero-order valence-electron chi connectivity index (χ0n) is 18.5. The third kappa shape index (κ3) is 5.74. The Morgan fingerprint density at radius 3 is 2.34 bits per heavy atom. The summed E-state index contributed by atoms with van der Waals surface area (Å²) in [6.45, 7) is 2.63. The van der Waals surface area contributed by atoms with E-state index in [-0.39, 0.29) is 29.3 Å². The largest absolute Gasteiger partial charge is 0.478 e. The van der Waals surface area contributed by atoms with Gasteiger partial charge in [0.2, 0.25) is 5.84 Å². The van der Waals surface area contributed by atoms with Crippen molar-refractivity contribution in [3.63, 3.8) is 0 Å². The molecule has 35 heavy (non-hydrogen) atoms. The number of carbonyl (C=O) groups excluding carboxylic acids is 1. The molecule has 1 N–H and O–H groups in total. The zero-order valence-corrected chi connectivity index (χ0v) is 18.5. The van der Waals surface area contributed by atoms with Gasteiger partial charge >= 0.3 is 18.3 Å². The van der Waals surface area contributed by atoms with E-state index in [0.29, 0.717) is 0 Å². The molecular formula is C21H19F7N4O3. The van der Waals surface area contributed by atoms with Crippen LogP contribution in [-0.4, -0.2) is 52.7 Å². The van der Waals surface area contributed by atoms with Gasteiger partial charge in [-0.3, -0.25) is 0 Å². The van der Waals surface area contributed by atoms with Crippen LogP contribution in [0.25, 0.3) is 17.0 Å². The number of ether oxygens (including phenoxy) is 2. The Morgan fingerprint density at radius 2 is 1.80 bits per heavy atom. The second-order valence-electron chi connectivity index (χ2n) is 7.78. The van der Waals surface area contributed by atoms with E-state index in [1.807, 2.05) is 0 Å². The summed E-state index contributed by atoms with van der Waals surface area (Å²) in [5.74, 6) is -3.56. The normalized spacial score (nSPS) is 14.7. The number of nitrogens with zero attached hydrogens (tertiary/aromatic N) is 3. The predicted octanol–water partition coefficient (Wildman–Crippen LogP) is 4.95. The molecule has 7 nitrogen and oxygen atoms in total. The summed E-state index contributed by atoms with van der Waals surface area (Å²) in [6, 6.07) is 3.93. The molecule has 0 amide bonds. The van der Waals surface area contributed by atoms with E-state index in [9.17, 15) is 35.5 Å². The molecule has 0 spiro atoms. The van der Waals surface area contributed by atoms with Gasteiger partial charge in [0, 0.05) is 11.6 Å². The lowest BCUT2D eigenvalue weighted by molar-refractivity contribution is -0.234. The molecule has 0 saturated heterocycles. The fourth-order valence-corrected chi connectivity index (χ4v) is 2.94. The second-order valence-corrected chi connectivity index (χ2v) is 7.78. The van der Waals surface area contributed by atoms with E-state index in [1.54, 1.807) is 0 Å². The minimum Gasteiger partial charge on any atom is -0.478 e. The Balaban J connectivity index is 2.11. The molecule has 3 rings (SSSR count). The zero-order chi connectivity index (χ0) is 26.2. The number of aromatic nitrogens is 2. The van der Waals surface area contributed by atoms with Gasteiger partial charge in [-0.2, -0.15) is 31.4 Å². The minimum absolute atomic E-state index is 0.00497. The maximum atomic E-state index is 14.4. The van der Waals surface area contributed by atoms with Crippen LogP contribution in [0.2, 0.25) is 0 Å². The number of aliphatic imine (C=N–C) groups is 1. The molecule has 0 bridgehead atoms. The highest BCUT2D eigenvalue weighted by Gasteiger charge is 2.50. The number of alkyl halides is 6. The lowest BCUT2D eigenvalue weighted by Gasteiger charge is -2.29. The van der Waals surface area contributed by atoms with Crippen LogP contribution in [0.3, 0.4) is 0 Å². The smallest absolute Gasteiger partial charge is 0.449 e. The van der Waals surface area contributed by atoms with E-state index in [4.69, 9.17) is 9.47 Å². The lowest BCUT2D eigenvalue weighted by Crippen LogP contribution is -2.44. The number of amidine groups is 1. The van der Waals surface area contributed by atoms with Crippen LogP contribution in [0.4, 0.5) is 30.7 Å². The number of rotatable bonds is 6. The summed E-state index contributed by atoms with van der Waals surface area (Å²) < 4.78 is 104. The Labute approximate surface area is 194 Å². The van der Waals surface area contributed by atoms with E-state index >= 15 is 0 Å². The predicted molar refractivity (Wildman–Crippen MR) is 110 cm³/mol. The minimum atomic E-state index is -4.77. The molecular weight excluding hydrogens is 489 g/mol. The molecule has 190 valence electrons. The molecule has 1 aliphatic heterocycles. The van der Waals surface area contributed by atoms with Crippen LogP contribution < -0.4 is 10.1 Å². The van der Waals surface area contributed by atoms with Gasteiger partial charge in [-0.25, -0.2) is 18.9 Å². The SMILES string of the molecule is CCOC(=O)c1cc(-c2cc(F)cc(OC(C)(C)C(F)(F)F)c2)n(C2=CN=C(C(F)(F)F)NC2)n1. The van der Waals surface area contributed by atoms with Gasteiger partial charge in [-0.15, -0.1) is 0 Å². The van der Waals surface area contributed by atoms with Crippen LogP contribution in [-0.2, 0) is 4.74 Å². The highest BCUT2D eigenvalue weighted by atomic mass is 19.4. The van der Waals surface area contributed by atoms with Crippen molar-refractivity contribution in [3.05, 3.63) is 42.0 Å². The van der Waals surface area contributed by atoms with E-state index < -0.39 is 47.9 Å². The first-order chi connectivity index (χ1) is 16.1. The molecule has 1 aliphatic rings. The standard InChI is InChI=1S/C21H19F7N4O3/c1-4-34-17(33)15-8-16(32(31-15)13-9-29-18(30-10-13)20(23,24)25)11-5-12(22)7-14(6-11)35-19(2,3)21(26,27)28/h5-9H,4,10H2,1-3H3,(H,29,30). The summed E-state index contributed by atoms with van der Waals surface area (Å²) >= 11 is 0. The number of halogens is 7. The van der Waals surface area contributed by atoms with Gasteiger partial charge in [0.15, 0.2) is 11.3 Å². The molecule has 0 atom stereocenters. The maximum Gasteiger partial charge on any atom is 0.449 e. The third-order valence-corrected chi connectivity index (χ3v) is 4.74. The molecule has 2 heterocycles. The van der Waals surface area contributed by atoms with Crippen molar-refractivity contribution in [2.75, 3.05) is 13.2 Å². The van der Waals surface area contributed by atoms with Gasteiger partial charge < -0.3 is 14.8 Å². The highest BCUT2D eigenvalue weighted by Crippen LogP contribution is 2.36. The highest BCUT2D eigenvalue weighted by molar-refractivity contribution is 5.92. The Morgan fingerprint density at radius 1 is 1.11 bits per heavy atom. The summed E-state index contributed by atoms with van der Waals surface area (Å²) in [4.78, 5) is 15.5. The molecule has 14 heteroatoms. The number of nitrogens with one attached hydrogen (secondary N) is 1. The lowest BCUT2D eigenvalue weighted by atomic mass is 10.1. The molecule has 1 aromatic carbocycles. The molecule has 1 aromatic heterocycles. The van der Waals surface area contributed by atoms with Crippen LogP contribution >= 0.6 is 0 Å². The first-order valence-electron chi connectivity index (χ1n) is 10.0. The second kappa shape index (κ2) is 9.23. The molecule has 0 unspecified atom stereocenters. The fourth-order valence-electron chi connectivity index (χ4n) is 2.94. The number of carbonyl (C=O) groups is 1. The average molecular weight is 508 g/mol. The maximum absolute atomic E-state index is 14.4. The Hall–Kier alpha value is -3.58. The van der Waals surface area contributed by atoms with Crippen molar-refractivity contribution in [1.82, 2.24) is 15.1 Å². The number of hydrogen-bond donors (Lipinski definition) is 1. The monoisotopic (exact) mass is 508 g/mol.